The molecule has 0 saturated heterocycles. The van der Waals surface area contributed by atoms with E-state index < -0.39 is 0 Å². The molecular formula is C17H19N3S. The third-order valence-corrected chi connectivity index (χ3v) is 4.38. The molecule has 0 amide bonds. The molecule has 0 aliphatic heterocycles. The van der Waals surface area contributed by atoms with E-state index in [1.165, 1.54) is 15.8 Å². The molecule has 0 fully saturated rings. The van der Waals surface area contributed by atoms with E-state index in [2.05, 4.69) is 55.0 Å². The maximum Gasteiger partial charge on any atom is 0.180 e. The Morgan fingerprint density at radius 2 is 1.90 bits per heavy atom. The lowest BCUT2D eigenvalue weighted by Crippen LogP contribution is -2.14. The summed E-state index contributed by atoms with van der Waals surface area (Å²) in [5, 5.41) is 1.81. The Morgan fingerprint density at radius 3 is 2.67 bits per heavy atom. The zero-order valence-corrected chi connectivity index (χ0v) is 13.4. The molecule has 21 heavy (non-hydrogen) atoms. The fraction of sp³-hybridized carbons (Fsp3) is 0.294. The average Bonchev–Trinajstić information content (AvgIpc) is 2.80. The molecule has 0 saturated carbocycles. The molecule has 0 radical (unpaired) electrons. The number of pyridine rings is 1. The molecule has 0 unspecified atom stereocenters. The van der Waals surface area contributed by atoms with E-state index in [4.69, 9.17) is 5.73 Å². The van der Waals surface area contributed by atoms with E-state index in [0.29, 0.717) is 5.13 Å². The molecule has 2 N–H and O–H groups in total. The lowest BCUT2D eigenvalue weighted by atomic mass is 9.90. The molecule has 3 nitrogen and oxygen atoms in total. The van der Waals surface area contributed by atoms with Gasteiger partial charge in [-0.3, -0.25) is 4.98 Å². The lowest BCUT2D eigenvalue weighted by molar-refractivity contribution is 0.568. The van der Waals surface area contributed by atoms with Crippen molar-refractivity contribution in [2.45, 2.75) is 32.6 Å². The molecular weight excluding hydrogens is 278 g/mol. The first-order chi connectivity index (χ1) is 9.95. The molecule has 3 aromatic rings. The van der Waals surface area contributed by atoms with Crippen LogP contribution in [0.3, 0.4) is 0 Å². The Hall–Kier alpha value is -1.94. The van der Waals surface area contributed by atoms with Crippen LogP contribution in [-0.4, -0.2) is 9.97 Å². The fourth-order valence-electron chi connectivity index (χ4n) is 2.56. The minimum Gasteiger partial charge on any atom is -0.375 e. The number of nitrogens with zero attached hydrogens (tertiary/aromatic N) is 2. The summed E-state index contributed by atoms with van der Waals surface area (Å²) in [5.41, 5.74) is 9.32. The van der Waals surface area contributed by atoms with Crippen LogP contribution in [0.4, 0.5) is 5.13 Å². The summed E-state index contributed by atoms with van der Waals surface area (Å²) in [6.07, 6.45) is 2.67. The van der Waals surface area contributed by atoms with Crippen LogP contribution in [0, 0.1) is 0 Å². The number of hydrogen-bond donors (Lipinski definition) is 1. The van der Waals surface area contributed by atoms with E-state index in [9.17, 15) is 0 Å². The first-order valence-electron chi connectivity index (χ1n) is 7.03. The highest BCUT2D eigenvalue weighted by Crippen LogP contribution is 2.33. The highest BCUT2D eigenvalue weighted by molar-refractivity contribution is 7.15. The molecule has 2 aromatic heterocycles. The van der Waals surface area contributed by atoms with Gasteiger partial charge in [0.15, 0.2) is 5.13 Å². The van der Waals surface area contributed by atoms with Gasteiger partial charge in [-0.1, -0.05) is 45.0 Å². The van der Waals surface area contributed by atoms with Crippen molar-refractivity contribution in [2.75, 3.05) is 5.73 Å². The number of aromatic nitrogens is 2. The second-order valence-electron chi connectivity index (χ2n) is 6.24. The number of rotatable bonds is 2. The van der Waals surface area contributed by atoms with Gasteiger partial charge >= 0.3 is 0 Å². The van der Waals surface area contributed by atoms with E-state index in [-0.39, 0.29) is 5.41 Å². The Morgan fingerprint density at radius 1 is 1.14 bits per heavy atom. The van der Waals surface area contributed by atoms with Crippen molar-refractivity contribution in [3.05, 3.63) is 52.7 Å². The molecule has 2 heterocycles. The molecule has 0 spiro atoms. The van der Waals surface area contributed by atoms with Crippen LogP contribution in [0.5, 0.6) is 0 Å². The van der Waals surface area contributed by atoms with Crippen molar-refractivity contribution in [1.29, 1.82) is 0 Å². The largest absolute Gasteiger partial charge is 0.375 e. The van der Waals surface area contributed by atoms with Crippen molar-refractivity contribution in [3.63, 3.8) is 0 Å². The normalized spacial score (nSPS) is 12.0. The smallest absolute Gasteiger partial charge is 0.180 e. The quantitative estimate of drug-likeness (QED) is 0.772. The van der Waals surface area contributed by atoms with Crippen LogP contribution >= 0.6 is 11.3 Å². The van der Waals surface area contributed by atoms with Gasteiger partial charge in [-0.25, -0.2) is 4.98 Å². The predicted molar refractivity (Wildman–Crippen MR) is 89.8 cm³/mol. The summed E-state index contributed by atoms with van der Waals surface area (Å²) in [6, 6.07) is 10.4. The van der Waals surface area contributed by atoms with Gasteiger partial charge < -0.3 is 5.73 Å². The van der Waals surface area contributed by atoms with E-state index in [1.54, 1.807) is 11.3 Å². The van der Waals surface area contributed by atoms with Crippen LogP contribution in [-0.2, 0) is 11.8 Å². The summed E-state index contributed by atoms with van der Waals surface area (Å²) in [5.74, 6) is 0. The van der Waals surface area contributed by atoms with Crippen molar-refractivity contribution >= 4 is 27.4 Å². The predicted octanol–water partition coefficient (Wildman–Crippen LogP) is 4.16. The number of fused-ring (bicyclic) bond motifs is 1. The second-order valence-corrected chi connectivity index (χ2v) is 7.36. The Kier molecular flexibility index (Phi) is 3.41. The number of benzene rings is 1. The highest BCUT2D eigenvalue weighted by atomic mass is 32.1. The summed E-state index contributed by atoms with van der Waals surface area (Å²) in [6.45, 7) is 6.52. The van der Waals surface area contributed by atoms with Crippen LogP contribution in [0.15, 0.2) is 36.5 Å². The maximum absolute atomic E-state index is 5.93. The van der Waals surface area contributed by atoms with Crippen LogP contribution < -0.4 is 5.73 Å². The molecule has 0 aliphatic rings. The molecule has 0 aliphatic carbocycles. The van der Waals surface area contributed by atoms with Gasteiger partial charge in [-0.15, -0.1) is 11.3 Å². The number of thiazole rings is 1. The van der Waals surface area contributed by atoms with Gasteiger partial charge in [0.05, 0.1) is 11.2 Å². The zero-order valence-electron chi connectivity index (χ0n) is 12.6. The van der Waals surface area contributed by atoms with E-state index >= 15 is 0 Å². The van der Waals surface area contributed by atoms with Gasteiger partial charge in [-0.2, -0.15) is 0 Å². The van der Waals surface area contributed by atoms with Gasteiger partial charge in [0, 0.05) is 28.3 Å². The fourth-order valence-corrected chi connectivity index (χ4v) is 3.62. The standard InChI is InChI=1S/C17H19N3S/c1-17(2,3)15-13(21-16(18)20-15)10-12-7-4-6-11-8-5-9-19-14(11)12/h4-9H,10H2,1-3H3,(H2,18,20). The third-order valence-electron chi connectivity index (χ3n) is 3.49. The van der Waals surface area contributed by atoms with E-state index in [1.807, 2.05) is 12.3 Å². The van der Waals surface area contributed by atoms with Crippen molar-refractivity contribution < 1.29 is 0 Å². The summed E-state index contributed by atoms with van der Waals surface area (Å²) in [7, 11) is 0. The number of hydrogen-bond acceptors (Lipinski definition) is 4. The summed E-state index contributed by atoms with van der Waals surface area (Å²) < 4.78 is 0. The van der Waals surface area contributed by atoms with Crippen molar-refractivity contribution in [2.24, 2.45) is 0 Å². The summed E-state index contributed by atoms with van der Waals surface area (Å²) in [4.78, 5) is 10.3. The monoisotopic (exact) mass is 297 g/mol. The molecule has 0 bridgehead atoms. The Balaban J connectivity index is 2.07. The van der Waals surface area contributed by atoms with Crippen molar-refractivity contribution in [3.8, 4) is 0 Å². The van der Waals surface area contributed by atoms with Gasteiger partial charge in [0.1, 0.15) is 0 Å². The first kappa shape index (κ1) is 14.0. The van der Waals surface area contributed by atoms with Gasteiger partial charge in [-0.05, 0) is 11.6 Å². The average molecular weight is 297 g/mol. The maximum atomic E-state index is 5.93. The zero-order chi connectivity index (χ0) is 15.0. The van der Waals surface area contributed by atoms with Crippen LogP contribution in [0.2, 0.25) is 0 Å². The lowest BCUT2D eigenvalue weighted by Gasteiger charge is -2.17. The number of anilines is 1. The molecule has 3 rings (SSSR count). The molecule has 0 atom stereocenters. The summed E-state index contributed by atoms with van der Waals surface area (Å²) >= 11 is 1.58. The third kappa shape index (κ3) is 2.76. The van der Waals surface area contributed by atoms with Gasteiger partial charge in [0.2, 0.25) is 0 Å². The van der Waals surface area contributed by atoms with Crippen LogP contribution in [0.25, 0.3) is 10.9 Å². The topological polar surface area (TPSA) is 51.8 Å². The van der Waals surface area contributed by atoms with Crippen LogP contribution in [0.1, 0.15) is 36.9 Å². The minimum atomic E-state index is 0.00145. The Bertz CT molecular complexity index is 779. The molecule has 108 valence electrons. The molecule has 1 aromatic carbocycles. The molecule has 4 heteroatoms. The Labute approximate surface area is 128 Å². The highest BCUT2D eigenvalue weighted by Gasteiger charge is 2.23. The number of para-hydroxylation sites is 1. The number of nitrogens with two attached hydrogens (primary N) is 1. The van der Waals surface area contributed by atoms with Gasteiger partial charge in [0.25, 0.3) is 0 Å². The number of nitrogen functional groups attached to an aromatic ring is 1. The second kappa shape index (κ2) is 5.11. The SMILES string of the molecule is CC(C)(C)c1nc(N)sc1Cc1cccc2cccnc12. The van der Waals surface area contributed by atoms with Crippen molar-refractivity contribution in [1.82, 2.24) is 9.97 Å². The van der Waals surface area contributed by atoms with E-state index in [0.717, 1.165) is 17.6 Å². The minimum absolute atomic E-state index is 0.00145. The first-order valence-corrected chi connectivity index (χ1v) is 7.85.